The van der Waals surface area contributed by atoms with Crippen LogP contribution in [0.1, 0.15) is 28.3 Å². The Labute approximate surface area is 117 Å². The number of carbonyl (C=O) groups is 1. The van der Waals surface area contributed by atoms with Crippen LogP contribution in [0.2, 0.25) is 0 Å². The van der Waals surface area contributed by atoms with Gasteiger partial charge in [0.1, 0.15) is 12.3 Å². The van der Waals surface area contributed by atoms with E-state index in [4.69, 9.17) is 0 Å². The Hall–Kier alpha value is -2.49. The molecule has 0 amide bonds. The first-order valence-corrected chi connectivity index (χ1v) is 6.55. The van der Waals surface area contributed by atoms with Crippen LogP contribution in [0.25, 0.3) is 0 Å². The van der Waals surface area contributed by atoms with E-state index in [0.29, 0.717) is 0 Å². The van der Waals surface area contributed by atoms with E-state index < -0.39 is 0 Å². The molecule has 1 unspecified atom stereocenters. The van der Waals surface area contributed by atoms with Crippen molar-refractivity contribution in [2.75, 3.05) is 0 Å². The molecule has 0 fully saturated rings. The molecule has 20 heavy (non-hydrogen) atoms. The summed E-state index contributed by atoms with van der Waals surface area (Å²) < 4.78 is 0. The maximum absolute atomic E-state index is 11.1. The van der Waals surface area contributed by atoms with Crippen LogP contribution >= 0.6 is 0 Å². The molecular formula is C16H15N3O. The van der Waals surface area contributed by atoms with E-state index in [-0.39, 0.29) is 6.04 Å². The van der Waals surface area contributed by atoms with Crippen molar-refractivity contribution in [2.45, 2.75) is 19.4 Å². The lowest BCUT2D eigenvalue weighted by Gasteiger charge is -2.23. The second kappa shape index (κ2) is 5.25. The summed E-state index contributed by atoms with van der Waals surface area (Å²) in [5, 5.41) is 4.37. The lowest BCUT2D eigenvalue weighted by Crippen LogP contribution is -2.28. The summed E-state index contributed by atoms with van der Waals surface area (Å²) in [7, 11) is 0. The highest BCUT2D eigenvalue weighted by molar-refractivity contribution is 6.04. The number of rotatable bonds is 3. The minimum Gasteiger partial charge on any atom is -0.301 e. The standard InChI is InChI=1S/C16H15N3O/c1-11-2-3-13-14(8-11)15(18-19-16(13)10-20)9-12-4-6-17-7-5-12/h2-8,10,16,19H,9H2,1H3. The first kappa shape index (κ1) is 12.5. The molecule has 100 valence electrons. The van der Waals surface area contributed by atoms with E-state index in [2.05, 4.69) is 21.6 Å². The zero-order valence-electron chi connectivity index (χ0n) is 11.2. The Bertz CT molecular complexity index is 665. The van der Waals surface area contributed by atoms with Gasteiger partial charge in [0, 0.05) is 24.4 Å². The van der Waals surface area contributed by atoms with Crippen LogP contribution < -0.4 is 5.43 Å². The van der Waals surface area contributed by atoms with Crippen LogP contribution in [-0.2, 0) is 11.2 Å². The third-order valence-electron chi connectivity index (χ3n) is 3.45. The van der Waals surface area contributed by atoms with Crippen molar-refractivity contribution in [1.82, 2.24) is 10.4 Å². The number of fused-ring (bicyclic) bond motifs is 1. The van der Waals surface area contributed by atoms with Crippen molar-refractivity contribution in [3.63, 3.8) is 0 Å². The van der Waals surface area contributed by atoms with Gasteiger partial charge in [-0.3, -0.25) is 10.4 Å². The summed E-state index contributed by atoms with van der Waals surface area (Å²) in [6.45, 7) is 2.04. The number of hydrogen-bond acceptors (Lipinski definition) is 4. The normalized spacial score (nSPS) is 16.9. The number of nitrogens with one attached hydrogen (secondary N) is 1. The summed E-state index contributed by atoms with van der Waals surface area (Å²) in [6.07, 6.45) is 5.16. The molecule has 4 heteroatoms. The molecule has 1 N–H and O–H groups in total. The fraction of sp³-hybridized carbons (Fsp3) is 0.188. The van der Waals surface area contributed by atoms with E-state index >= 15 is 0 Å². The van der Waals surface area contributed by atoms with E-state index in [9.17, 15) is 4.79 Å². The zero-order chi connectivity index (χ0) is 13.9. The lowest BCUT2D eigenvalue weighted by molar-refractivity contribution is -0.109. The van der Waals surface area contributed by atoms with Gasteiger partial charge in [0.15, 0.2) is 0 Å². The molecule has 1 aromatic carbocycles. The first-order valence-electron chi connectivity index (χ1n) is 6.55. The van der Waals surface area contributed by atoms with Crippen molar-refractivity contribution >= 4 is 12.0 Å². The summed E-state index contributed by atoms with van der Waals surface area (Å²) in [5.74, 6) is 0. The number of nitrogens with zero attached hydrogens (tertiary/aromatic N) is 2. The molecule has 2 aromatic rings. The average molecular weight is 265 g/mol. The number of carbonyl (C=O) groups excluding carboxylic acids is 1. The highest BCUT2D eigenvalue weighted by atomic mass is 16.1. The molecule has 0 aliphatic carbocycles. The molecule has 0 saturated carbocycles. The summed E-state index contributed by atoms with van der Waals surface area (Å²) >= 11 is 0. The Kier molecular flexibility index (Phi) is 3.29. The van der Waals surface area contributed by atoms with Crippen molar-refractivity contribution in [3.05, 3.63) is 65.0 Å². The molecule has 0 bridgehead atoms. The number of hydrogen-bond donors (Lipinski definition) is 1. The molecular weight excluding hydrogens is 250 g/mol. The van der Waals surface area contributed by atoms with Crippen LogP contribution in [0.15, 0.2) is 47.8 Å². The van der Waals surface area contributed by atoms with Gasteiger partial charge >= 0.3 is 0 Å². The fourth-order valence-corrected chi connectivity index (χ4v) is 2.40. The van der Waals surface area contributed by atoms with Gasteiger partial charge in [-0.25, -0.2) is 0 Å². The third-order valence-corrected chi connectivity index (χ3v) is 3.45. The van der Waals surface area contributed by atoms with Crippen LogP contribution in [0, 0.1) is 6.92 Å². The molecule has 0 saturated heterocycles. The number of hydrazone groups is 1. The third kappa shape index (κ3) is 2.32. The van der Waals surface area contributed by atoms with Crippen molar-refractivity contribution in [2.24, 2.45) is 5.10 Å². The van der Waals surface area contributed by atoms with Crippen LogP contribution in [0.3, 0.4) is 0 Å². The highest BCUT2D eigenvalue weighted by Crippen LogP contribution is 2.24. The Morgan fingerprint density at radius 2 is 2.05 bits per heavy atom. The van der Waals surface area contributed by atoms with Crippen molar-refractivity contribution in [3.8, 4) is 0 Å². The average Bonchev–Trinajstić information content (AvgIpc) is 2.49. The Morgan fingerprint density at radius 1 is 1.25 bits per heavy atom. The van der Waals surface area contributed by atoms with Gasteiger partial charge in [0.05, 0.1) is 5.71 Å². The molecule has 1 atom stereocenters. The number of benzene rings is 1. The van der Waals surface area contributed by atoms with Crippen molar-refractivity contribution in [1.29, 1.82) is 0 Å². The Balaban J connectivity index is 1.99. The van der Waals surface area contributed by atoms with E-state index in [1.807, 2.05) is 31.2 Å². The van der Waals surface area contributed by atoms with E-state index in [1.165, 1.54) is 0 Å². The number of aldehydes is 1. The topological polar surface area (TPSA) is 54.4 Å². The van der Waals surface area contributed by atoms with Gasteiger partial charge in [-0.2, -0.15) is 5.10 Å². The van der Waals surface area contributed by atoms with Crippen LogP contribution in [0.5, 0.6) is 0 Å². The number of aryl methyl sites for hydroxylation is 1. The second-order valence-corrected chi connectivity index (χ2v) is 4.92. The Morgan fingerprint density at radius 3 is 2.80 bits per heavy atom. The quantitative estimate of drug-likeness (QED) is 0.865. The molecule has 0 spiro atoms. The second-order valence-electron chi connectivity index (χ2n) is 4.92. The van der Waals surface area contributed by atoms with E-state index in [0.717, 1.165) is 40.7 Å². The van der Waals surface area contributed by atoms with Gasteiger partial charge in [-0.15, -0.1) is 0 Å². The maximum Gasteiger partial charge on any atom is 0.148 e. The van der Waals surface area contributed by atoms with Crippen molar-refractivity contribution < 1.29 is 4.79 Å². The zero-order valence-corrected chi connectivity index (χ0v) is 11.2. The predicted octanol–water partition coefficient (Wildman–Crippen LogP) is 2.18. The van der Waals surface area contributed by atoms with E-state index in [1.54, 1.807) is 12.4 Å². The fourth-order valence-electron chi connectivity index (χ4n) is 2.40. The number of pyridine rings is 1. The van der Waals surface area contributed by atoms with Gasteiger partial charge < -0.3 is 4.79 Å². The molecule has 1 aliphatic rings. The summed E-state index contributed by atoms with van der Waals surface area (Å²) in [4.78, 5) is 15.2. The largest absolute Gasteiger partial charge is 0.301 e. The molecule has 1 aliphatic heterocycles. The van der Waals surface area contributed by atoms with Gasteiger partial charge in [-0.1, -0.05) is 17.7 Å². The lowest BCUT2D eigenvalue weighted by atomic mass is 9.92. The van der Waals surface area contributed by atoms with Gasteiger partial charge in [0.25, 0.3) is 0 Å². The highest BCUT2D eigenvalue weighted by Gasteiger charge is 2.22. The molecule has 0 radical (unpaired) electrons. The molecule has 2 heterocycles. The maximum atomic E-state index is 11.1. The smallest absolute Gasteiger partial charge is 0.148 e. The SMILES string of the molecule is Cc1ccc2c(c1)C(Cc1ccncc1)=NNC2C=O. The first-order chi connectivity index (χ1) is 9.78. The molecule has 3 rings (SSSR count). The molecule has 1 aromatic heterocycles. The van der Waals surface area contributed by atoms with Crippen LogP contribution in [0.4, 0.5) is 0 Å². The predicted molar refractivity (Wildman–Crippen MR) is 77.6 cm³/mol. The monoisotopic (exact) mass is 265 g/mol. The number of aromatic nitrogens is 1. The van der Waals surface area contributed by atoms with Gasteiger partial charge in [0.2, 0.25) is 0 Å². The van der Waals surface area contributed by atoms with Crippen LogP contribution in [-0.4, -0.2) is 17.0 Å². The minimum atomic E-state index is -0.355. The summed E-state index contributed by atoms with van der Waals surface area (Å²) in [5.41, 5.74) is 8.23. The minimum absolute atomic E-state index is 0.355. The van der Waals surface area contributed by atoms with Gasteiger partial charge in [-0.05, 0) is 36.2 Å². The summed E-state index contributed by atoms with van der Waals surface area (Å²) in [6, 6.07) is 9.71. The molecule has 4 nitrogen and oxygen atoms in total.